The number of halogens is 1. The minimum absolute atomic E-state index is 0.484. The van der Waals surface area contributed by atoms with Crippen LogP contribution in [0.25, 0.3) is 33.4 Å². The molecule has 0 atom stereocenters. The largest absolute Gasteiger partial charge is 0.245 e. The predicted octanol–water partition coefficient (Wildman–Crippen LogP) is 6.72. The van der Waals surface area contributed by atoms with Crippen molar-refractivity contribution in [1.29, 1.82) is 0 Å². The Kier molecular flexibility index (Phi) is 4.14. The Hall–Kier alpha value is -2.71. The summed E-state index contributed by atoms with van der Waals surface area (Å²) in [5, 5.41) is 0.484. The summed E-state index contributed by atoms with van der Waals surface area (Å²) in [6, 6.07) is 25.0. The molecule has 1 aliphatic rings. The molecule has 131 valence electrons. The van der Waals surface area contributed by atoms with Gasteiger partial charge in [0.1, 0.15) is 5.15 Å². The van der Waals surface area contributed by atoms with Gasteiger partial charge in [0.2, 0.25) is 0 Å². The van der Waals surface area contributed by atoms with Gasteiger partial charge in [0.15, 0.2) is 0 Å². The Morgan fingerprint density at radius 3 is 2.11 bits per heavy atom. The zero-order valence-electron chi connectivity index (χ0n) is 14.8. The van der Waals surface area contributed by atoms with E-state index in [1.165, 1.54) is 24.8 Å². The lowest BCUT2D eigenvalue weighted by molar-refractivity contribution is 0.577. The fraction of sp³-hybridized carbons (Fsp3) is 0.125. The molecule has 2 aromatic carbocycles. The summed E-state index contributed by atoms with van der Waals surface area (Å²) in [6.07, 6.45) is 3.78. The monoisotopic (exact) mass is 369 g/mol. The van der Waals surface area contributed by atoms with Crippen LogP contribution < -0.4 is 0 Å². The molecule has 27 heavy (non-hydrogen) atoms. The van der Waals surface area contributed by atoms with Gasteiger partial charge in [-0.05, 0) is 42.2 Å². The van der Waals surface area contributed by atoms with Crippen molar-refractivity contribution < 1.29 is 0 Å². The molecule has 1 radical (unpaired) electrons. The van der Waals surface area contributed by atoms with Gasteiger partial charge in [0.05, 0.1) is 16.7 Å². The summed E-state index contributed by atoms with van der Waals surface area (Å²) < 4.78 is 0. The maximum atomic E-state index is 6.10. The highest BCUT2D eigenvalue weighted by Gasteiger charge is 2.20. The molecular weight excluding hydrogens is 352 g/mol. The molecule has 0 unspecified atom stereocenters. The molecule has 2 nitrogen and oxygen atoms in total. The number of hydrogen-bond donors (Lipinski definition) is 0. The second kappa shape index (κ2) is 6.79. The Morgan fingerprint density at radius 1 is 0.667 bits per heavy atom. The van der Waals surface area contributed by atoms with Crippen molar-refractivity contribution in [3.8, 4) is 22.4 Å². The zero-order chi connectivity index (χ0) is 18.2. The lowest BCUT2D eigenvalue weighted by atomic mass is 9.80. The summed E-state index contributed by atoms with van der Waals surface area (Å²) in [6.45, 7) is 0. The van der Waals surface area contributed by atoms with Crippen LogP contribution in [0.1, 0.15) is 24.8 Å². The zero-order valence-corrected chi connectivity index (χ0v) is 15.6. The van der Waals surface area contributed by atoms with Crippen LogP contribution in [-0.4, -0.2) is 9.97 Å². The van der Waals surface area contributed by atoms with Gasteiger partial charge in [0, 0.05) is 17.0 Å². The summed E-state index contributed by atoms with van der Waals surface area (Å²) in [7, 11) is 0. The Bertz CT molecular complexity index is 1100. The van der Waals surface area contributed by atoms with E-state index in [2.05, 4.69) is 47.4 Å². The quantitative estimate of drug-likeness (QED) is 0.374. The molecule has 1 saturated carbocycles. The second-order valence-electron chi connectivity index (χ2n) is 6.96. The summed E-state index contributed by atoms with van der Waals surface area (Å²) in [5.74, 6) is 1.56. The summed E-state index contributed by atoms with van der Waals surface area (Å²) in [4.78, 5) is 9.40. The van der Waals surface area contributed by atoms with Crippen molar-refractivity contribution in [3.05, 3.63) is 89.4 Å². The fourth-order valence-electron chi connectivity index (χ4n) is 3.59. The molecule has 0 bridgehead atoms. The van der Waals surface area contributed by atoms with Gasteiger partial charge in [-0.15, -0.1) is 0 Å². The maximum Gasteiger partial charge on any atom is 0.129 e. The first-order valence-corrected chi connectivity index (χ1v) is 9.64. The smallest absolute Gasteiger partial charge is 0.129 e. The molecule has 2 heterocycles. The number of benzene rings is 2. The molecule has 4 aromatic rings. The number of aromatic nitrogens is 2. The Labute approximate surface area is 163 Å². The summed E-state index contributed by atoms with van der Waals surface area (Å²) in [5.41, 5.74) is 7.32. The SMILES string of the molecule is Clc1ccc2nc(-c3ccc([C]4CCC4)cc3)c(-c3ccccc3)cc2n1. The van der Waals surface area contributed by atoms with Crippen LogP contribution in [0.5, 0.6) is 0 Å². The van der Waals surface area contributed by atoms with Crippen LogP contribution in [0.4, 0.5) is 0 Å². The average Bonchev–Trinajstić information content (AvgIpc) is 2.67. The molecule has 0 aliphatic heterocycles. The number of fused-ring (bicyclic) bond motifs is 1. The lowest BCUT2D eigenvalue weighted by Crippen LogP contribution is -2.09. The van der Waals surface area contributed by atoms with Gasteiger partial charge < -0.3 is 0 Å². The predicted molar refractivity (Wildman–Crippen MR) is 112 cm³/mol. The molecule has 0 N–H and O–H groups in total. The van der Waals surface area contributed by atoms with E-state index in [1.807, 2.05) is 24.3 Å². The number of rotatable bonds is 3. The van der Waals surface area contributed by atoms with Crippen molar-refractivity contribution in [2.24, 2.45) is 0 Å². The van der Waals surface area contributed by atoms with Gasteiger partial charge in [0.25, 0.3) is 0 Å². The molecular formula is C24H18ClN2. The van der Waals surface area contributed by atoms with Gasteiger partial charge in [-0.3, -0.25) is 0 Å². The van der Waals surface area contributed by atoms with Crippen molar-refractivity contribution in [1.82, 2.24) is 9.97 Å². The molecule has 1 aliphatic carbocycles. The van der Waals surface area contributed by atoms with E-state index >= 15 is 0 Å². The van der Waals surface area contributed by atoms with E-state index in [0.717, 1.165) is 33.4 Å². The van der Waals surface area contributed by atoms with E-state index < -0.39 is 0 Å². The number of hydrogen-bond acceptors (Lipinski definition) is 2. The first kappa shape index (κ1) is 16.5. The van der Waals surface area contributed by atoms with Crippen LogP contribution in [0.15, 0.2) is 72.8 Å². The highest BCUT2D eigenvalue weighted by Crippen LogP contribution is 2.37. The molecule has 5 rings (SSSR count). The van der Waals surface area contributed by atoms with E-state index in [9.17, 15) is 0 Å². The van der Waals surface area contributed by atoms with Crippen LogP contribution >= 0.6 is 11.6 Å². The minimum Gasteiger partial charge on any atom is -0.245 e. The topological polar surface area (TPSA) is 25.8 Å². The van der Waals surface area contributed by atoms with E-state index in [1.54, 1.807) is 12.0 Å². The highest BCUT2D eigenvalue weighted by atomic mass is 35.5. The van der Waals surface area contributed by atoms with Gasteiger partial charge in [-0.1, -0.05) is 72.6 Å². The van der Waals surface area contributed by atoms with Crippen molar-refractivity contribution >= 4 is 22.6 Å². The van der Waals surface area contributed by atoms with Crippen LogP contribution in [0.3, 0.4) is 0 Å². The third kappa shape index (κ3) is 3.11. The van der Waals surface area contributed by atoms with Crippen LogP contribution in [-0.2, 0) is 0 Å². The van der Waals surface area contributed by atoms with Gasteiger partial charge in [-0.2, -0.15) is 0 Å². The molecule has 2 aromatic heterocycles. The van der Waals surface area contributed by atoms with Gasteiger partial charge >= 0.3 is 0 Å². The first-order chi connectivity index (χ1) is 13.3. The Balaban J connectivity index is 1.68. The van der Waals surface area contributed by atoms with E-state index in [-0.39, 0.29) is 0 Å². The van der Waals surface area contributed by atoms with Crippen molar-refractivity contribution in [2.75, 3.05) is 0 Å². The normalized spacial score (nSPS) is 14.3. The second-order valence-corrected chi connectivity index (χ2v) is 7.34. The standard InChI is InChI=1S/C24H18ClN2/c25-23-14-13-21-22(26-23)15-20(18-5-2-1-3-6-18)24(27-21)19-11-9-17(10-12-19)16-7-4-8-16/h1-3,5-6,9-15H,4,7-8H2. The first-order valence-electron chi connectivity index (χ1n) is 9.26. The maximum absolute atomic E-state index is 6.10. The molecule has 0 spiro atoms. The van der Waals surface area contributed by atoms with Crippen LogP contribution in [0.2, 0.25) is 5.15 Å². The number of pyridine rings is 2. The third-order valence-electron chi connectivity index (χ3n) is 5.25. The number of nitrogens with zero attached hydrogens (tertiary/aromatic N) is 2. The molecule has 0 saturated heterocycles. The molecule has 3 heteroatoms. The van der Waals surface area contributed by atoms with Crippen LogP contribution in [0, 0.1) is 5.92 Å². The summed E-state index contributed by atoms with van der Waals surface area (Å²) >= 11 is 6.10. The Morgan fingerprint density at radius 2 is 1.41 bits per heavy atom. The van der Waals surface area contributed by atoms with E-state index in [4.69, 9.17) is 16.6 Å². The highest BCUT2D eigenvalue weighted by molar-refractivity contribution is 6.29. The minimum atomic E-state index is 0.484. The molecule has 1 fully saturated rings. The lowest BCUT2D eigenvalue weighted by Gasteiger charge is -2.25. The van der Waals surface area contributed by atoms with E-state index in [0.29, 0.717) is 5.15 Å². The average molecular weight is 370 g/mol. The van der Waals surface area contributed by atoms with Crippen molar-refractivity contribution in [2.45, 2.75) is 19.3 Å². The fourth-order valence-corrected chi connectivity index (χ4v) is 3.75. The third-order valence-corrected chi connectivity index (χ3v) is 5.46. The van der Waals surface area contributed by atoms with Gasteiger partial charge in [-0.25, -0.2) is 9.97 Å². The van der Waals surface area contributed by atoms with Crippen molar-refractivity contribution in [3.63, 3.8) is 0 Å². The molecule has 0 amide bonds.